The van der Waals surface area contributed by atoms with E-state index in [9.17, 15) is 4.79 Å². The van der Waals surface area contributed by atoms with Crippen LogP contribution >= 0.6 is 11.3 Å². The number of terminal acetylenes is 1. The van der Waals surface area contributed by atoms with Crippen molar-refractivity contribution in [1.82, 2.24) is 0 Å². The molecule has 0 saturated carbocycles. The molecule has 3 heteroatoms. The van der Waals surface area contributed by atoms with E-state index < -0.39 is 6.04 Å². The van der Waals surface area contributed by atoms with Crippen LogP contribution < -0.4 is 5.73 Å². The number of rotatable bonds is 3. The molecule has 13 heavy (non-hydrogen) atoms. The predicted molar refractivity (Wildman–Crippen MR) is 54.8 cm³/mol. The minimum absolute atomic E-state index is 0.0505. The lowest BCUT2D eigenvalue weighted by Crippen LogP contribution is -2.29. The van der Waals surface area contributed by atoms with E-state index in [0.717, 1.165) is 10.4 Å². The largest absolute Gasteiger partial charge is 0.320 e. The van der Waals surface area contributed by atoms with Crippen LogP contribution in [0.1, 0.15) is 21.7 Å². The second-order valence-corrected chi connectivity index (χ2v) is 3.73. The standard InChI is InChI=1S/C10H11NOS/c1-3-4-8(11)9(12)10-7(2)5-6-13-10/h1,5-6,8H,4,11H2,2H3. The molecule has 0 aromatic carbocycles. The van der Waals surface area contributed by atoms with E-state index in [2.05, 4.69) is 5.92 Å². The van der Waals surface area contributed by atoms with Crippen molar-refractivity contribution in [2.24, 2.45) is 5.73 Å². The Morgan fingerprint density at radius 2 is 2.54 bits per heavy atom. The minimum atomic E-state index is -0.553. The molecule has 0 radical (unpaired) electrons. The van der Waals surface area contributed by atoms with E-state index in [-0.39, 0.29) is 5.78 Å². The van der Waals surface area contributed by atoms with Crippen molar-refractivity contribution in [1.29, 1.82) is 0 Å². The lowest BCUT2D eigenvalue weighted by atomic mass is 10.1. The van der Waals surface area contributed by atoms with Crippen LogP contribution in [0.25, 0.3) is 0 Å². The first-order valence-electron chi connectivity index (χ1n) is 3.94. The number of nitrogens with two attached hydrogens (primary N) is 1. The number of aryl methyl sites for hydroxylation is 1. The van der Waals surface area contributed by atoms with Crippen LogP contribution in [0.2, 0.25) is 0 Å². The van der Waals surface area contributed by atoms with Crippen LogP contribution in [0.15, 0.2) is 11.4 Å². The summed E-state index contributed by atoms with van der Waals surface area (Å²) in [6, 6.07) is 1.35. The van der Waals surface area contributed by atoms with E-state index in [1.54, 1.807) is 0 Å². The Morgan fingerprint density at radius 1 is 1.85 bits per heavy atom. The monoisotopic (exact) mass is 193 g/mol. The molecule has 0 amide bonds. The maximum Gasteiger partial charge on any atom is 0.190 e. The van der Waals surface area contributed by atoms with Crippen LogP contribution in [0, 0.1) is 19.3 Å². The Morgan fingerprint density at radius 3 is 3.00 bits per heavy atom. The molecule has 0 saturated heterocycles. The molecule has 2 N–H and O–H groups in total. The van der Waals surface area contributed by atoms with Gasteiger partial charge >= 0.3 is 0 Å². The predicted octanol–water partition coefficient (Wildman–Crippen LogP) is 1.59. The topological polar surface area (TPSA) is 43.1 Å². The van der Waals surface area contributed by atoms with E-state index in [1.165, 1.54) is 11.3 Å². The van der Waals surface area contributed by atoms with E-state index in [1.807, 2.05) is 18.4 Å². The van der Waals surface area contributed by atoms with Crippen molar-refractivity contribution in [2.45, 2.75) is 19.4 Å². The van der Waals surface area contributed by atoms with Gasteiger partial charge in [0.25, 0.3) is 0 Å². The van der Waals surface area contributed by atoms with Gasteiger partial charge in [0.05, 0.1) is 10.9 Å². The smallest absolute Gasteiger partial charge is 0.190 e. The highest BCUT2D eigenvalue weighted by Gasteiger charge is 2.17. The summed E-state index contributed by atoms with van der Waals surface area (Å²) in [5.41, 5.74) is 6.58. The van der Waals surface area contributed by atoms with Crippen molar-refractivity contribution < 1.29 is 4.79 Å². The number of thiophene rings is 1. The van der Waals surface area contributed by atoms with Gasteiger partial charge in [-0.05, 0) is 23.9 Å². The molecular weight excluding hydrogens is 182 g/mol. The average Bonchev–Trinajstić information content (AvgIpc) is 2.50. The normalized spacial score (nSPS) is 12.1. The summed E-state index contributed by atoms with van der Waals surface area (Å²) in [7, 11) is 0. The molecule has 1 heterocycles. The second kappa shape index (κ2) is 4.22. The number of Topliss-reactive ketones (excluding diaryl/α,β-unsaturated/α-hetero) is 1. The third-order valence-corrected chi connectivity index (χ3v) is 2.79. The summed E-state index contributed by atoms with van der Waals surface area (Å²) in [6.45, 7) is 1.90. The Hall–Kier alpha value is -1.11. The maximum atomic E-state index is 11.6. The minimum Gasteiger partial charge on any atom is -0.320 e. The third kappa shape index (κ3) is 2.18. The summed E-state index contributed by atoms with van der Waals surface area (Å²) in [5, 5.41) is 1.88. The number of hydrogen-bond donors (Lipinski definition) is 1. The molecule has 1 aromatic heterocycles. The van der Waals surface area contributed by atoms with Crippen LogP contribution in [-0.4, -0.2) is 11.8 Å². The van der Waals surface area contributed by atoms with E-state index >= 15 is 0 Å². The molecule has 1 unspecified atom stereocenters. The summed E-state index contributed by atoms with van der Waals surface area (Å²) in [4.78, 5) is 12.3. The highest BCUT2D eigenvalue weighted by Crippen LogP contribution is 2.17. The van der Waals surface area contributed by atoms with Crippen LogP contribution in [0.5, 0.6) is 0 Å². The fraction of sp³-hybridized carbons (Fsp3) is 0.300. The van der Waals surface area contributed by atoms with Crippen molar-refractivity contribution in [3.05, 3.63) is 21.9 Å². The third-order valence-electron chi connectivity index (χ3n) is 1.76. The van der Waals surface area contributed by atoms with Gasteiger partial charge in [0.15, 0.2) is 5.78 Å². The quantitative estimate of drug-likeness (QED) is 0.585. The van der Waals surface area contributed by atoms with Gasteiger partial charge in [-0.1, -0.05) is 0 Å². The molecule has 1 rings (SSSR count). The van der Waals surface area contributed by atoms with Gasteiger partial charge in [0.1, 0.15) is 0 Å². The fourth-order valence-electron chi connectivity index (χ4n) is 1.01. The van der Waals surface area contributed by atoms with Gasteiger partial charge in [-0.25, -0.2) is 0 Å². The number of ketones is 1. The van der Waals surface area contributed by atoms with E-state index in [4.69, 9.17) is 12.2 Å². The first-order chi connectivity index (χ1) is 6.16. The lowest BCUT2D eigenvalue weighted by Gasteiger charge is -2.05. The Balaban J connectivity index is 2.81. The zero-order valence-corrected chi connectivity index (χ0v) is 8.23. The maximum absolute atomic E-state index is 11.6. The molecule has 0 fully saturated rings. The van der Waals surface area contributed by atoms with Gasteiger partial charge in [-0.15, -0.1) is 23.7 Å². The molecular formula is C10H11NOS. The molecule has 2 nitrogen and oxygen atoms in total. The van der Waals surface area contributed by atoms with Gasteiger partial charge in [0, 0.05) is 6.42 Å². The van der Waals surface area contributed by atoms with Crippen molar-refractivity contribution in [2.75, 3.05) is 0 Å². The molecule has 68 valence electrons. The zero-order valence-electron chi connectivity index (χ0n) is 7.41. The van der Waals surface area contributed by atoms with Crippen LogP contribution in [0.4, 0.5) is 0 Å². The summed E-state index contributed by atoms with van der Waals surface area (Å²) in [6.07, 6.45) is 5.38. The Kier molecular flexibility index (Phi) is 3.24. The molecule has 0 bridgehead atoms. The Bertz CT molecular complexity index is 348. The van der Waals surface area contributed by atoms with Gasteiger partial charge in [0.2, 0.25) is 0 Å². The molecule has 0 aliphatic carbocycles. The molecule has 0 spiro atoms. The highest BCUT2D eigenvalue weighted by molar-refractivity contribution is 7.12. The van der Waals surface area contributed by atoms with Crippen molar-refractivity contribution >= 4 is 17.1 Å². The second-order valence-electron chi connectivity index (χ2n) is 2.81. The van der Waals surface area contributed by atoms with Gasteiger partial charge < -0.3 is 5.73 Å². The SMILES string of the molecule is C#CCC(N)C(=O)c1sccc1C. The van der Waals surface area contributed by atoms with Gasteiger partial charge in [-0.3, -0.25) is 4.79 Å². The molecule has 1 atom stereocenters. The van der Waals surface area contributed by atoms with E-state index in [0.29, 0.717) is 6.42 Å². The Labute approximate surface area is 81.8 Å². The van der Waals surface area contributed by atoms with Crippen molar-refractivity contribution in [3.63, 3.8) is 0 Å². The van der Waals surface area contributed by atoms with Crippen molar-refractivity contribution in [3.8, 4) is 12.3 Å². The first kappa shape index (κ1) is 9.97. The lowest BCUT2D eigenvalue weighted by molar-refractivity contribution is 0.0966. The molecule has 1 aromatic rings. The molecule has 0 aliphatic heterocycles. The van der Waals surface area contributed by atoms with Crippen LogP contribution in [-0.2, 0) is 0 Å². The fourth-order valence-corrected chi connectivity index (χ4v) is 1.94. The van der Waals surface area contributed by atoms with Crippen LogP contribution in [0.3, 0.4) is 0 Å². The molecule has 0 aliphatic rings. The number of hydrogen-bond acceptors (Lipinski definition) is 3. The highest BCUT2D eigenvalue weighted by atomic mass is 32.1. The summed E-state index contributed by atoms with van der Waals surface area (Å²) >= 11 is 1.41. The van der Waals surface area contributed by atoms with Gasteiger partial charge in [-0.2, -0.15) is 0 Å². The zero-order chi connectivity index (χ0) is 9.84. The summed E-state index contributed by atoms with van der Waals surface area (Å²) in [5.74, 6) is 2.34. The number of carbonyl (C=O) groups excluding carboxylic acids is 1. The average molecular weight is 193 g/mol. The summed E-state index contributed by atoms with van der Waals surface area (Å²) < 4.78 is 0. The first-order valence-corrected chi connectivity index (χ1v) is 4.82. The number of carbonyl (C=O) groups is 1.